The summed E-state index contributed by atoms with van der Waals surface area (Å²) in [6, 6.07) is 14.2. The molecule has 176 valence electrons. The van der Waals surface area contributed by atoms with Gasteiger partial charge in [-0.3, -0.25) is 9.97 Å². The van der Waals surface area contributed by atoms with Gasteiger partial charge < -0.3 is 15.1 Å². The first-order valence-electron chi connectivity index (χ1n) is 11.6. The van der Waals surface area contributed by atoms with Crippen molar-refractivity contribution >= 4 is 5.69 Å². The lowest BCUT2D eigenvalue weighted by molar-refractivity contribution is 0.506. The van der Waals surface area contributed by atoms with Crippen LogP contribution in [0.15, 0.2) is 59.4 Å². The second kappa shape index (κ2) is 9.24. The molecule has 0 saturated carbocycles. The highest BCUT2D eigenvalue weighted by Gasteiger charge is 2.22. The van der Waals surface area contributed by atoms with Crippen molar-refractivity contribution in [2.24, 2.45) is 5.73 Å². The Bertz CT molecular complexity index is 1370. The molecule has 4 heterocycles. The lowest BCUT2D eigenvalue weighted by Gasteiger charge is -2.32. The van der Waals surface area contributed by atoms with Gasteiger partial charge in [0.25, 0.3) is 5.89 Å². The van der Waals surface area contributed by atoms with Crippen molar-refractivity contribution in [1.29, 1.82) is 5.26 Å². The molecule has 2 N–H and O–H groups in total. The SMILES string of the molecule is CC(C)(C#N)c1cc(-c2cncc(-c3nnc(-c4ccc(N5CCCC(N)C5)cc4)o3)n2)ccn1. The first kappa shape index (κ1) is 22.6. The Morgan fingerprint density at radius 2 is 1.83 bits per heavy atom. The van der Waals surface area contributed by atoms with Gasteiger partial charge in [-0.05, 0) is 63.1 Å². The highest BCUT2D eigenvalue weighted by atomic mass is 16.4. The van der Waals surface area contributed by atoms with Gasteiger partial charge in [0.2, 0.25) is 5.89 Å². The van der Waals surface area contributed by atoms with Crippen LogP contribution >= 0.6 is 0 Å². The molecule has 1 atom stereocenters. The van der Waals surface area contributed by atoms with Crippen molar-refractivity contribution in [3.63, 3.8) is 0 Å². The molecule has 35 heavy (non-hydrogen) atoms. The maximum Gasteiger partial charge on any atom is 0.268 e. The predicted octanol–water partition coefficient (Wildman–Crippen LogP) is 3.98. The van der Waals surface area contributed by atoms with E-state index < -0.39 is 5.41 Å². The molecule has 0 bridgehead atoms. The van der Waals surface area contributed by atoms with E-state index in [0.717, 1.165) is 42.7 Å². The van der Waals surface area contributed by atoms with Crippen LogP contribution in [0.5, 0.6) is 0 Å². The van der Waals surface area contributed by atoms with Gasteiger partial charge in [0.15, 0.2) is 0 Å². The van der Waals surface area contributed by atoms with E-state index in [4.69, 9.17) is 10.2 Å². The summed E-state index contributed by atoms with van der Waals surface area (Å²) in [7, 11) is 0. The van der Waals surface area contributed by atoms with E-state index in [1.54, 1.807) is 18.6 Å². The van der Waals surface area contributed by atoms with E-state index >= 15 is 0 Å². The Morgan fingerprint density at radius 1 is 1.06 bits per heavy atom. The smallest absolute Gasteiger partial charge is 0.268 e. The molecule has 5 rings (SSSR count). The average molecular weight is 467 g/mol. The van der Waals surface area contributed by atoms with Crippen LogP contribution in [-0.2, 0) is 5.41 Å². The molecule has 1 aliphatic rings. The average Bonchev–Trinajstić information content (AvgIpc) is 3.39. The van der Waals surface area contributed by atoms with E-state index in [0.29, 0.717) is 23.0 Å². The van der Waals surface area contributed by atoms with Gasteiger partial charge in [0, 0.05) is 42.1 Å². The van der Waals surface area contributed by atoms with Crippen molar-refractivity contribution in [2.75, 3.05) is 18.0 Å². The van der Waals surface area contributed by atoms with E-state index in [-0.39, 0.29) is 11.9 Å². The molecular weight excluding hydrogens is 440 g/mol. The molecule has 1 fully saturated rings. The molecule has 0 radical (unpaired) electrons. The topological polar surface area (TPSA) is 131 Å². The van der Waals surface area contributed by atoms with Gasteiger partial charge in [-0.15, -0.1) is 10.2 Å². The van der Waals surface area contributed by atoms with Gasteiger partial charge in [-0.2, -0.15) is 5.26 Å². The number of aromatic nitrogens is 5. The number of hydrogen-bond acceptors (Lipinski definition) is 9. The van der Waals surface area contributed by atoms with Gasteiger partial charge in [-0.1, -0.05) is 0 Å². The van der Waals surface area contributed by atoms with Crippen LogP contribution < -0.4 is 10.6 Å². The second-order valence-electron chi connectivity index (χ2n) is 9.26. The van der Waals surface area contributed by atoms with Gasteiger partial charge in [0.05, 0.1) is 35.3 Å². The summed E-state index contributed by atoms with van der Waals surface area (Å²) in [5.41, 5.74) is 9.95. The Balaban J connectivity index is 1.38. The Morgan fingerprint density at radius 3 is 2.60 bits per heavy atom. The van der Waals surface area contributed by atoms with Crippen LogP contribution in [0.2, 0.25) is 0 Å². The van der Waals surface area contributed by atoms with E-state index in [2.05, 4.69) is 48.3 Å². The summed E-state index contributed by atoms with van der Waals surface area (Å²) in [6.07, 6.45) is 7.09. The Hall–Kier alpha value is -4.16. The first-order chi connectivity index (χ1) is 16.9. The number of nitriles is 1. The quantitative estimate of drug-likeness (QED) is 0.464. The minimum Gasteiger partial charge on any atom is -0.415 e. The standard InChI is InChI=1S/C26H26N8O/c1-26(2,16-27)23-12-18(9-10-30-23)21-13-29-14-22(31-21)25-33-32-24(35-25)17-5-7-20(8-6-17)34-11-3-4-19(28)15-34/h5-10,12-14,19H,3-4,11,15,28H2,1-2H3. The van der Waals surface area contributed by atoms with Crippen molar-refractivity contribution in [3.05, 3.63) is 60.7 Å². The van der Waals surface area contributed by atoms with Crippen molar-refractivity contribution in [3.8, 4) is 40.4 Å². The van der Waals surface area contributed by atoms with Crippen molar-refractivity contribution in [1.82, 2.24) is 25.1 Å². The summed E-state index contributed by atoms with van der Waals surface area (Å²) in [5, 5.41) is 17.8. The predicted molar refractivity (Wildman–Crippen MR) is 132 cm³/mol. The summed E-state index contributed by atoms with van der Waals surface area (Å²) < 4.78 is 5.93. The fourth-order valence-electron chi connectivity index (χ4n) is 4.10. The molecule has 1 saturated heterocycles. The van der Waals surface area contributed by atoms with Crippen LogP contribution in [0.4, 0.5) is 5.69 Å². The van der Waals surface area contributed by atoms with Crippen LogP contribution in [-0.4, -0.2) is 44.3 Å². The molecule has 9 heteroatoms. The number of piperidine rings is 1. The van der Waals surface area contributed by atoms with E-state index in [1.807, 2.05) is 38.1 Å². The second-order valence-corrected chi connectivity index (χ2v) is 9.26. The maximum atomic E-state index is 9.44. The number of nitrogens with zero attached hydrogens (tertiary/aromatic N) is 7. The maximum absolute atomic E-state index is 9.44. The number of pyridine rings is 1. The lowest BCUT2D eigenvalue weighted by atomic mass is 9.90. The fourth-order valence-corrected chi connectivity index (χ4v) is 4.10. The van der Waals surface area contributed by atoms with E-state index in [9.17, 15) is 5.26 Å². The molecular formula is C26H26N8O. The zero-order valence-electron chi connectivity index (χ0n) is 19.7. The molecule has 9 nitrogen and oxygen atoms in total. The third-order valence-electron chi connectivity index (χ3n) is 6.19. The Kier molecular flexibility index (Phi) is 5.97. The van der Waals surface area contributed by atoms with Gasteiger partial charge in [0.1, 0.15) is 5.69 Å². The van der Waals surface area contributed by atoms with E-state index in [1.165, 1.54) is 0 Å². The monoisotopic (exact) mass is 466 g/mol. The zero-order chi connectivity index (χ0) is 24.4. The third-order valence-corrected chi connectivity index (χ3v) is 6.19. The fraction of sp³-hybridized carbons (Fsp3) is 0.308. The molecule has 4 aromatic rings. The Labute approximate surface area is 203 Å². The first-order valence-corrected chi connectivity index (χ1v) is 11.6. The molecule has 0 spiro atoms. The van der Waals surface area contributed by atoms with Crippen LogP contribution in [0.25, 0.3) is 34.3 Å². The number of rotatable bonds is 5. The van der Waals surface area contributed by atoms with Crippen LogP contribution in [0, 0.1) is 11.3 Å². The van der Waals surface area contributed by atoms with Crippen molar-refractivity contribution in [2.45, 2.75) is 38.1 Å². The number of anilines is 1. The highest BCUT2D eigenvalue weighted by Crippen LogP contribution is 2.28. The molecule has 1 aromatic carbocycles. The number of hydrogen-bond donors (Lipinski definition) is 1. The van der Waals surface area contributed by atoms with Gasteiger partial charge >= 0.3 is 0 Å². The minimum absolute atomic E-state index is 0.218. The summed E-state index contributed by atoms with van der Waals surface area (Å²) in [4.78, 5) is 15.6. The van der Waals surface area contributed by atoms with Crippen LogP contribution in [0.1, 0.15) is 32.4 Å². The highest BCUT2D eigenvalue weighted by molar-refractivity contribution is 5.63. The summed E-state index contributed by atoms with van der Waals surface area (Å²) in [6.45, 7) is 5.54. The zero-order valence-corrected chi connectivity index (χ0v) is 19.7. The molecule has 0 amide bonds. The molecule has 0 aliphatic carbocycles. The summed E-state index contributed by atoms with van der Waals surface area (Å²) in [5.74, 6) is 0.697. The summed E-state index contributed by atoms with van der Waals surface area (Å²) >= 11 is 0. The van der Waals surface area contributed by atoms with Crippen molar-refractivity contribution < 1.29 is 4.42 Å². The number of benzene rings is 1. The third kappa shape index (κ3) is 4.74. The molecule has 1 unspecified atom stereocenters. The lowest BCUT2D eigenvalue weighted by Crippen LogP contribution is -2.42. The number of nitrogens with two attached hydrogens (primary N) is 1. The largest absolute Gasteiger partial charge is 0.415 e. The normalized spacial score (nSPS) is 16.2. The van der Waals surface area contributed by atoms with Crippen LogP contribution in [0.3, 0.4) is 0 Å². The molecule has 1 aliphatic heterocycles. The van der Waals surface area contributed by atoms with Gasteiger partial charge in [-0.25, -0.2) is 4.98 Å². The molecule has 3 aromatic heterocycles. The minimum atomic E-state index is -0.710.